The molecule has 1 unspecified atom stereocenters. The standard InChI is InChI=1S/C12H15N3O2S/c13-18-12(17)15(14-8-16)11-6-5-9-3-1-2-4-10(9)7-11/h1-4,8,11H,5-7,13H2,(H,14,16). The third-order valence-electron chi connectivity index (χ3n) is 3.18. The minimum Gasteiger partial charge on any atom is -0.277 e. The Morgan fingerprint density at radius 1 is 1.44 bits per heavy atom. The van der Waals surface area contributed by atoms with E-state index in [-0.39, 0.29) is 11.3 Å². The number of carbonyl (C=O) groups is 2. The van der Waals surface area contributed by atoms with Crippen LogP contribution in [0.25, 0.3) is 0 Å². The number of fused-ring (bicyclic) bond motifs is 1. The summed E-state index contributed by atoms with van der Waals surface area (Å²) in [6, 6.07) is 8.12. The van der Waals surface area contributed by atoms with Crippen molar-refractivity contribution in [3.8, 4) is 0 Å². The lowest BCUT2D eigenvalue weighted by Crippen LogP contribution is -2.49. The molecule has 0 saturated carbocycles. The van der Waals surface area contributed by atoms with E-state index in [2.05, 4.69) is 17.6 Å². The Balaban J connectivity index is 2.15. The summed E-state index contributed by atoms with van der Waals surface area (Å²) < 4.78 is 0. The second kappa shape index (κ2) is 5.88. The largest absolute Gasteiger partial charge is 0.315 e. The smallest absolute Gasteiger partial charge is 0.277 e. The van der Waals surface area contributed by atoms with E-state index in [9.17, 15) is 9.59 Å². The quantitative estimate of drug-likeness (QED) is 0.490. The Morgan fingerprint density at radius 3 is 2.83 bits per heavy atom. The monoisotopic (exact) mass is 265 g/mol. The van der Waals surface area contributed by atoms with E-state index in [1.807, 2.05) is 12.1 Å². The maximum Gasteiger partial charge on any atom is 0.315 e. The molecule has 96 valence electrons. The number of benzene rings is 1. The van der Waals surface area contributed by atoms with Crippen molar-refractivity contribution in [1.82, 2.24) is 10.4 Å². The molecule has 6 heteroatoms. The first-order valence-corrected chi connectivity index (χ1v) is 6.60. The molecule has 2 amide bonds. The number of hydrazine groups is 1. The molecule has 1 aliphatic rings. The second-order valence-electron chi connectivity index (χ2n) is 4.17. The molecule has 0 saturated heterocycles. The first-order chi connectivity index (χ1) is 8.76. The molecule has 0 aliphatic heterocycles. The van der Waals surface area contributed by atoms with Gasteiger partial charge in [0.25, 0.3) is 0 Å². The average Bonchev–Trinajstić information content (AvgIpc) is 2.43. The van der Waals surface area contributed by atoms with Gasteiger partial charge in [-0.25, -0.2) is 5.01 Å². The highest BCUT2D eigenvalue weighted by molar-refractivity contribution is 8.11. The zero-order valence-corrected chi connectivity index (χ0v) is 10.7. The number of nitrogens with zero attached hydrogens (tertiary/aromatic N) is 1. The number of aryl methyl sites for hydroxylation is 1. The van der Waals surface area contributed by atoms with Gasteiger partial charge in [0.15, 0.2) is 0 Å². The van der Waals surface area contributed by atoms with Crippen LogP contribution in [0.5, 0.6) is 0 Å². The SMILES string of the molecule is NSC(=O)N(NC=O)C1CCc2ccccc2C1. The van der Waals surface area contributed by atoms with Crippen molar-refractivity contribution in [3.05, 3.63) is 35.4 Å². The summed E-state index contributed by atoms with van der Waals surface area (Å²) in [4.78, 5) is 22.2. The van der Waals surface area contributed by atoms with Gasteiger partial charge < -0.3 is 0 Å². The summed E-state index contributed by atoms with van der Waals surface area (Å²) in [5.41, 5.74) is 4.97. The number of carbonyl (C=O) groups excluding carboxylic acids is 2. The predicted octanol–water partition coefficient (Wildman–Crippen LogP) is 1.23. The van der Waals surface area contributed by atoms with Crippen molar-refractivity contribution in [3.63, 3.8) is 0 Å². The number of hydrogen-bond acceptors (Lipinski definition) is 4. The van der Waals surface area contributed by atoms with Gasteiger partial charge >= 0.3 is 5.24 Å². The molecule has 5 nitrogen and oxygen atoms in total. The zero-order valence-electron chi connectivity index (χ0n) is 9.83. The second-order valence-corrected chi connectivity index (χ2v) is 4.75. The number of nitrogens with two attached hydrogens (primary N) is 1. The Morgan fingerprint density at radius 2 is 2.17 bits per heavy atom. The normalized spacial score (nSPS) is 17.7. The number of hydrogen-bond donors (Lipinski definition) is 2. The van der Waals surface area contributed by atoms with Crippen LogP contribution in [0.1, 0.15) is 17.5 Å². The molecular weight excluding hydrogens is 250 g/mol. The molecule has 1 aromatic carbocycles. The molecule has 0 aromatic heterocycles. The molecule has 0 fully saturated rings. The Hall–Kier alpha value is -1.53. The van der Waals surface area contributed by atoms with Crippen LogP contribution in [0.3, 0.4) is 0 Å². The van der Waals surface area contributed by atoms with Gasteiger partial charge in [0, 0.05) is 11.9 Å². The van der Waals surface area contributed by atoms with Crippen LogP contribution in [-0.4, -0.2) is 22.7 Å². The molecule has 18 heavy (non-hydrogen) atoms. The molecule has 0 radical (unpaired) electrons. The van der Waals surface area contributed by atoms with Gasteiger partial charge in [-0.1, -0.05) is 24.3 Å². The highest BCUT2D eigenvalue weighted by atomic mass is 32.2. The molecule has 0 spiro atoms. The van der Waals surface area contributed by atoms with Gasteiger partial charge in [0.05, 0.1) is 6.04 Å². The fourth-order valence-electron chi connectivity index (χ4n) is 2.32. The van der Waals surface area contributed by atoms with Crippen LogP contribution >= 0.6 is 11.9 Å². The Kier molecular flexibility index (Phi) is 4.22. The molecule has 2 rings (SSSR count). The Labute approximate surface area is 110 Å². The molecule has 1 aliphatic carbocycles. The highest BCUT2D eigenvalue weighted by Gasteiger charge is 2.27. The van der Waals surface area contributed by atoms with Crippen LogP contribution < -0.4 is 10.6 Å². The van der Waals surface area contributed by atoms with E-state index in [1.165, 1.54) is 16.1 Å². The number of amides is 2. The van der Waals surface area contributed by atoms with E-state index in [1.54, 1.807) is 0 Å². The van der Waals surface area contributed by atoms with Crippen LogP contribution in [0.2, 0.25) is 0 Å². The maximum atomic E-state index is 11.7. The van der Waals surface area contributed by atoms with Crippen molar-refractivity contribution in [1.29, 1.82) is 0 Å². The van der Waals surface area contributed by atoms with E-state index in [0.29, 0.717) is 18.4 Å². The minimum absolute atomic E-state index is 0.0337. The van der Waals surface area contributed by atoms with Gasteiger partial charge in [-0.15, -0.1) is 0 Å². The van der Waals surface area contributed by atoms with Gasteiger partial charge in [0.1, 0.15) is 0 Å². The molecule has 1 aromatic rings. The lowest BCUT2D eigenvalue weighted by Gasteiger charge is -2.33. The van der Waals surface area contributed by atoms with Crippen LogP contribution in [-0.2, 0) is 17.6 Å². The summed E-state index contributed by atoms with van der Waals surface area (Å²) in [5.74, 6) is 0. The summed E-state index contributed by atoms with van der Waals surface area (Å²) in [5, 5.41) is 6.26. The van der Waals surface area contributed by atoms with E-state index in [0.717, 1.165) is 19.3 Å². The van der Waals surface area contributed by atoms with E-state index >= 15 is 0 Å². The molecule has 1 atom stereocenters. The summed E-state index contributed by atoms with van der Waals surface area (Å²) in [6.07, 6.45) is 2.97. The zero-order chi connectivity index (χ0) is 13.0. The lowest BCUT2D eigenvalue weighted by atomic mass is 9.88. The van der Waals surface area contributed by atoms with Gasteiger partial charge in [-0.3, -0.25) is 20.2 Å². The van der Waals surface area contributed by atoms with Crippen molar-refractivity contribution in [2.75, 3.05) is 0 Å². The average molecular weight is 265 g/mol. The van der Waals surface area contributed by atoms with Crippen LogP contribution in [0, 0.1) is 0 Å². The van der Waals surface area contributed by atoms with Gasteiger partial charge in [0.2, 0.25) is 6.41 Å². The minimum atomic E-state index is -0.341. The Bertz CT molecular complexity index is 453. The van der Waals surface area contributed by atoms with Crippen molar-refractivity contribution in [2.45, 2.75) is 25.3 Å². The van der Waals surface area contributed by atoms with Crippen molar-refractivity contribution in [2.24, 2.45) is 5.14 Å². The van der Waals surface area contributed by atoms with Crippen molar-refractivity contribution >= 4 is 23.6 Å². The van der Waals surface area contributed by atoms with Gasteiger partial charge in [-0.05, 0) is 30.4 Å². The molecule has 3 N–H and O–H groups in total. The molecule has 0 bridgehead atoms. The lowest BCUT2D eigenvalue weighted by molar-refractivity contribution is -0.113. The van der Waals surface area contributed by atoms with Crippen molar-refractivity contribution < 1.29 is 9.59 Å². The van der Waals surface area contributed by atoms with Crippen LogP contribution in [0.4, 0.5) is 4.79 Å². The maximum absolute atomic E-state index is 11.7. The molecule has 0 heterocycles. The summed E-state index contributed by atoms with van der Waals surface area (Å²) >= 11 is 0.613. The summed E-state index contributed by atoms with van der Waals surface area (Å²) in [7, 11) is 0. The number of rotatable bonds is 3. The van der Waals surface area contributed by atoms with E-state index in [4.69, 9.17) is 5.14 Å². The fraction of sp³-hybridized carbons (Fsp3) is 0.333. The first-order valence-electron chi connectivity index (χ1n) is 5.72. The number of nitrogens with one attached hydrogen (secondary N) is 1. The third kappa shape index (κ3) is 2.65. The molecular formula is C12H15N3O2S. The topological polar surface area (TPSA) is 75.4 Å². The summed E-state index contributed by atoms with van der Waals surface area (Å²) in [6.45, 7) is 0. The first kappa shape index (κ1) is 12.9. The van der Waals surface area contributed by atoms with E-state index < -0.39 is 0 Å². The van der Waals surface area contributed by atoms with Crippen LogP contribution in [0.15, 0.2) is 24.3 Å². The third-order valence-corrected chi connectivity index (χ3v) is 3.57. The highest BCUT2D eigenvalue weighted by Crippen LogP contribution is 2.24. The predicted molar refractivity (Wildman–Crippen MR) is 70.5 cm³/mol. The van der Waals surface area contributed by atoms with Gasteiger partial charge in [-0.2, -0.15) is 0 Å². The fourth-order valence-corrected chi connectivity index (χ4v) is 2.64.